The van der Waals surface area contributed by atoms with Gasteiger partial charge in [-0.2, -0.15) is 0 Å². The molecule has 0 saturated carbocycles. The van der Waals surface area contributed by atoms with Crippen molar-refractivity contribution in [2.45, 2.75) is 38.8 Å². The Morgan fingerprint density at radius 2 is 1.85 bits per heavy atom. The Morgan fingerprint density at radius 1 is 1.23 bits per heavy atom. The lowest BCUT2D eigenvalue weighted by atomic mass is 9.92. The van der Waals surface area contributed by atoms with Crippen LogP contribution in [0.2, 0.25) is 0 Å². The number of benzene rings is 2. The van der Waals surface area contributed by atoms with Crippen LogP contribution in [0.15, 0.2) is 48.5 Å². The maximum atomic E-state index is 10.8. The van der Waals surface area contributed by atoms with Gasteiger partial charge in [0.15, 0.2) is 0 Å². The third-order valence-corrected chi connectivity index (χ3v) is 4.58. The van der Waals surface area contributed by atoms with Gasteiger partial charge >= 0.3 is 5.97 Å². The molecular weight excluding hydrogens is 328 g/mol. The van der Waals surface area contributed by atoms with Crippen LogP contribution in [0.4, 0.5) is 11.4 Å². The van der Waals surface area contributed by atoms with Gasteiger partial charge in [-0.1, -0.05) is 30.3 Å². The van der Waals surface area contributed by atoms with Crippen molar-refractivity contribution in [3.63, 3.8) is 0 Å². The first-order valence-electron chi connectivity index (χ1n) is 8.75. The lowest BCUT2D eigenvalue weighted by Crippen LogP contribution is -2.37. The number of anilines is 2. The highest BCUT2D eigenvalue weighted by molar-refractivity contribution is 5.70. The number of hydrogen-bond acceptors (Lipinski definition) is 4. The van der Waals surface area contributed by atoms with Gasteiger partial charge in [0.1, 0.15) is 6.29 Å². The molecule has 2 atom stereocenters. The molecule has 1 aliphatic heterocycles. The Morgan fingerprint density at radius 3 is 2.46 bits per heavy atom. The van der Waals surface area contributed by atoms with Crippen LogP contribution in [-0.4, -0.2) is 30.5 Å². The van der Waals surface area contributed by atoms with Crippen molar-refractivity contribution < 1.29 is 14.7 Å². The Kier molecular flexibility index (Phi) is 6.78. The average molecular weight is 354 g/mol. The molecule has 1 heterocycles. The lowest BCUT2D eigenvalue weighted by Gasteiger charge is -2.39. The van der Waals surface area contributed by atoms with Gasteiger partial charge < -0.3 is 20.1 Å². The molecule has 3 rings (SSSR count). The monoisotopic (exact) mass is 354 g/mol. The normalized spacial score (nSPS) is 18.2. The molecule has 5 nitrogen and oxygen atoms in total. The molecule has 0 spiro atoms. The summed E-state index contributed by atoms with van der Waals surface area (Å²) in [4.78, 5) is 21.9. The second-order valence-electron chi connectivity index (χ2n) is 6.45. The predicted molar refractivity (Wildman–Crippen MR) is 105 cm³/mol. The number of carbonyl (C=O) groups is 2. The van der Waals surface area contributed by atoms with Crippen LogP contribution >= 0.6 is 0 Å². The quantitative estimate of drug-likeness (QED) is 0.815. The van der Waals surface area contributed by atoms with Gasteiger partial charge in [0, 0.05) is 24.5 Å². The number of carboxylic acids is 1. The van der Waals surface area contributed by atoms with Crippen molar-refractivity contribution in [2.24, 2.45) is 0 Å². The number of carboxylic acid groups (broad SMARTS) is 1. The van der Waals surface area contributed by atoms with Crippen LogP contribution in [0, 0.1) is 0 Å². The van der Waals surface area contributed by atoms with E-state index in [0.717, 1.165) is 24.0 Å². The molecule has 0 amide bonds. The second-order valence-corrected chi connectivity index (χ2v) is 6.45. The maximum Gasteiger partial charge on any atom is 0.307 e. The maximum absolute atomic E-state index is 10.8. The molecule has 1 aliphatic rings. The minimum Gasteiger partial charge on any atom is -0.481 e. The first kappa shape index (κ1) is 19.5. The number of nitrogens with one attached hydrogen (secondary N) is 1. The Bertz CT molecular complexity index is 743. The van der Waals surface area contributed by atoms with Crippen LogP contribution in [0.25, 0.3) is 0 Å². The predicted octanol–water partition coefficient (Wildman–Crippen LogP) is 3.90. The molecule has 2 N–H and O–H groups in total. The minimum absolute atomic E-state index is 0.0639. The zero-order chi connectivity index (χ0) is 19.1. The molecule has 5 heteroatoms. The van der Waals surface area contributed by atoms with E-state index in [1.54, 1.807) is 0 Å². The number of para-hydroxylation sites is 1. The van der Waals surface area contributed by atoms with E-state index >= 15 is 0 Å². The van der Waals surface area contributed by atoms with Gasteiger partial charge in [0.25, 0.3) is 0 Å². The number of aldehydes is 1. The lowest BCUT2D eigenvalue weighted by molar-refractivity contribution is -0.136. The van der Waals surface area contributed by atoms with Crippen LogP contribution in [-0.2, 0) is 16.0 Å². The summed E-state index contributed by atoms with van der Waals surface area (Å²) in [7, 11) is 2.14. The zero-order valence-electron chi connectivity index (χ0n) is 15.5. The Balaban J connectivity index is 0.000000758. The summed E-state index contributed by atoms with van der Waals surface area (Å²) in [5.41, 5.74) is 4.42. The molecule has 2 unspecified atom stereocenters. The summed E-state index contributed by atoms with van der Waals surface area (Å²) in [6.45, 7) is 3.68. The van der Waals surface area contributed by atoms with Crippen molar-refractivity contribution in [3.05, 3.63) is 59.7 Å². The number of hydrogen-bond donors (Lipinski definition) is 2. The Labute approximate surface area is 154 Å². The summed E-state index contributed by atoms with van der Waals surface area (Å²) in [5.74, 6) is -0.802. The molecule has 0 fully saturated rings. The van der Waals surface area contributed by atoms with E-state index in [1.807, 2.05) is 24.3 Å². The van der Waals surface area contributed by atoms with Gasteiger partial charge in [0.05, 0.1) is 12.5 Å². The molecule has 26 heavy (non-hydrogen) atoms. The largest absolute Gasteiger partial charge is 0.481 e. The standard InChI is InChI=1S/C19H22N2O2.C2H4O/c1-13-11-17(16-5-3-4-6-18(16)21(13)2)20-15-9-7-14(8-10-15)12-19(22)23;1-2-3/h3-10,13,17,20H,11-12H2,1-2H3,(H,22,23);2H,1H3. The van der Waals surface area contributed by atoms with Gasteiger partial charge in [-0.05, 0) is 49.6 Å². The fraction of sp³-hybridized carbons (Fsp3) is 0.333. The van der Waals surface area contributed by atoms with E-state index in [2.05, 4.69) is 48.5 Å². The summed E-state index contributed by atoms with van der Waals surface area (Å²) < 4.78 is 0. The molecule has 0 saturated heterocycles. The number of carbonyl (C=O) groups excluding carboxylic acids is 1. The highest BCUT2D eigenvalue weighted by Crippen LogP contribution is 2.37. The molecule has 138 valence electrons. The van der Waals surface area contributed by atoms with E-state index in [0.29, 0.717) is 6.04 Å². The molecule has 0 bridgehead atoms. The molecule has 2 aromatic carbocycles. The first-order valence-corrected chi connectivity index (χ1v) is 8.75. The topological polar surface area (TPSA) is 69.6 Å². The van der Waals surface area contributed by atoms with Crippen molar-refractivity contribution in [1.82, 2.24) is 0 Å². The van der Waals surface area contributed by atoms with E-state index in [-0.39, 0.29) is 12.5 Å². The van der Waals surface area contributed by atoms with Gasteiger partial charge in [0.2, 0.25) is 0 Å². The fourth-order valence-electron chi connectivity index (χ4n) is 3.20. The minimum atomic E-state index is -0.802. The molecule has 0 aliphatic carbocycles. The van der Waals surface area contributed by atoms with E-state index in [9.17, 15) is 4.79 Å². The summed E-state index contributed by atoms with van der Waals surface area (Å²) in [6.07, 6.45) is 1.85. The SMILES string of the molecule is CC1CC(Nc2ccc(CC(=O)O)cc2)c2ccccc2N1C.CC=O. The van der Waals surface area contributed by atoms with E-state index in [1.165, 1.54) is 18.2 Å². The summed E-state index contributed by atoms with van der Waals surface area (Å²) in [6, 6.07) is 16.9. The van der Waals surface area contributed by atoms with Crippen molar-refractivity contribution in [2.75, 3.05) is 17.3 Å². The molecule has 0 aromatic heterocycles. The van der Waals surface area contributed by atoms with Crippen LogP contribution in [0.1, 0.15) is 37.4 Å². The average Bonchev–Trinajstić information content (AvgIpc) is 2.61. The van der Waals surface area contributed by atoms with Crippen LogP contribution in [0.5, 0.6) is 0 Å². The van der Waals surface area contributed by atoms with Gasteiger partial charge in [-0.25, -0.2) is 0 Å². The van der Waals surface area contributed by atoms with Crippen LogP contribution < -0.4 is 10.2 Å². The van der Waals surface area contributed by atoms with Crippen LogP contribution in [0.3, 0.4) is 0 Å². The second kappa shape index (κ2) is 9.04. The smallest absolute Gasteiger partial charge is 0.307 e. The summed E-state index contributed by atoms with van der Waals surface area (Å²) in [5, 5.41) is 12.4. The molecule has 0 radical (unpaired) electrons. The number of aliphatic carboxylic acids is 1. The fourth-order valence-corrected chi connectivity index (χ4v) is 3.20. The third-order valence-electron chi connectivity index (χ3n) is 4.58. The van der Waals surface area contributed by atoms with Gasteiger partial charge in [-0.15, -0.1) is 0 Å². The zero-order valence-corrected chi connectivity index (χ0v) is 15.5. The van der Waals surface area contributed by atoms with Crippen molar-refractivity contribution in [3.8, 4) is 0 Å². The highest BCUT2D eigenvalue weighted by Gasteiger charge is 2.27. The molecule has 2 aromatic rings. The number of rotatable bonds is 4. The van der Waals surface area contributed by atoms with Crippen molar-refractivity contribution >= 4 is 23.6 Å². The number of fused-ring (bicyclic) bond motifs is 1. The molecular formula is C21H26N2O3. The number of nitrogens with zero attached hydrogens (tertiary/aromatic N) is 1. The van der Waals surface area contributed by atoms with Gasteiger partial charge in [-0.3, -0.25) is 4.79 Å². The van der Waals surface area contributed by atoms with Crippen molar-refractivity contribution in [1.29, 1.82) is 0 Å². The van der Waals surface area contributed by atoms with E-state index in [4.69, 9.17) is 9.90 Å². The first-order chi connectivity index (χ1) is 12.5. The highest BCUT2D eigenvalue weighted by atomic mass is 16.4. The van der Waals surface area contributed by atoms with E-state index < -0.39 is 5.97 Å². The third kappa shape index (κ3) is 4.85. The Hall–Kier alpha value is -2.82. The summed E-state index contributed by atoms with van der Waals surface area (Å²) >= 11 is 0.